The van der Waals surface area contributed by atoms with E-state index < -0.39 is 0 Å². The third kappa shape index (κ3) is 1.84. The first-order valence-corrected chi connectivity index (χ1v) is 5.78. The first-order valence-electron chi connectivity index (χ1n) is 5.78. The van der Waals surface area contributed by atoms with Crippen molar-refractivity contribution < 1.29 is 4.74 Å². The summed E-state index contributed by atoms with van der Waals surface area (Å²) in [7, 11) is 1.88. The van der Waals surface area contributed by atoms with E-state index in [2.05, 4.69) is 22.4 Å². The molecule has 3 nitrogen and oxygen atoms in total. The summed E-state index contributed by atoms with van der Waals surface area (Å²) >= 11 is 0. The van der Waals surface area contributed by atoms with Crippen molar-refractivity contribution in [2.75, 3.05) is 19.0 Å². The van der Waals surface area contributed by atoms with Crippen molar-refractivity contribution in [1.82, 2.24) is 4.98 Å². The van der Waals surface area contributed by atoms with Crippen LogP contribution in [0.15, 0.2) is 36.4 Å². The largest absolute Gasteiger partial charge is 0.493 e. The summed E-state index contributed by atoms with van der Waals surface area (Å²) in [5.74, 6) is 1.90. The van der Waals surface area contributed by atoms with Gasteiger partial charge in [-0.1, -0.05) is 6.07 Å². The minimum absolute atomic E-state index is 0.794. The van der Waals surface area contributed by atoms with Gasteiger partial charge in [0.2, 0.25) is 0 Å². The van der Waals surface area contributed by atoms with Crippen molar-refractivity contribution >= 4 is 5.82 Å². The molecule has 0 fully saturated rings. The third-order valence-corrected chi connectivity index (χ3v) is 2.99. The Morgan fingerprint density at radius 2 is 2.18 bits per heavy atom. The summed E-state index contributed by atoms with van der Waals surface area (Å²) in [6.07, 6.45) is 0.995. The van der Waals surface area contributed by atoms with Gasteiger partial charge >= 0.3 is 0 Å². The number of pyridine rings is 1. The standard InChI is InChI=1S/C14H14N2O/c1-15-14-4-2-3-12(16-14)10-5-6-13-11(9-10)7-8-17-13/h2-6,9H,7-8H2,1H3,(H,15,16). The number of fused-ring (bicyclic) bond motifs is 1. The van der Waals surface area contributed by atoms with Gasteiger partial charge in [0.1, 0.15) is 11.6 Å². The topological polar surface area (TPSA) is 34.1 Å². The SMILES string of the molecule is CNc1cccc(-c2ccc3c(c2)CCO3)n1. The molecule has 3 rings (SSSR count). The molecule has 2 heterocycles. The number of nitrogens with zero attached hydrogens (tertiary/aromatic N) is 1. The molecule has 0 aliphatic carbocycles. The minimum Gasteiger partial charge on any atom is -0.493 e. The molecular weight excluding hydrogens is 212 g/mol. The monoisotopic (exact) mass is 226 g/mol. The first-order chi connectivity index (χ1) is 8.36. The van der Waals surface area contributed by atoms with Gasteiger partial charge in [-0.15, -0.1) is 0 Å². The fourth-order valence-corrected chi connectivity index (χ4v) is 2.08. The third-order valence-electron chi connectivity index (χ3n) is 2.99. The Morgan fingerprint density at radius 1 is 1.24 bits per heavy atom. The number of ether oxygens (including phenoxy) is 1. The second-order valence-electron chi connectivity index (χ2n) is 4.08. The maximum atomic E-state index is 5.50. The van der Waals surface area contributed by atoms with Gasteiger partial charge in [-0.3, -0.25) is 0 Å². The number of aromatic nitrogens is 1. The smallest absolute Gasteiger partial charge is 0.126 e. The molecular formula is C14H14N2O. The molecule has 0 amide bonds. The molecule has 1 aromatic carbocycles. The van der Waals surface area contributed by atoms with Crippen LogP contribution >= 0.6 is 0 Å². The highest BCUT2D eigenvalue weighted by Gasteiger charge is 2.12. The zero-order chi connectivity index (χ0) is 11.7. The normalized spacial score (nSPS) is 13.0. The van der Waals surface area contributed by atoms with Gasteiger partial charge in [0.15, 0.2) is 0 Å². The summed E-state index contributed by atoms with van der Waals surface area (Å²) in [6, 6.07) is 12.3. The van der Waals surface area contributed by atoms with Gasteiger partial charge in [-0.05, 0) is 35.9 Å². The minimum atomic E-state index is 0.794. The summed E-state index contributed by atoms with van der Waals surface area (Å²) in [5, 5.41) is 3.05. The molecule has 0 radical (unpaired) electrons. The van der Waals surface area contributed by atoms with E-state index in [1.54, 1.807) is 0 Å². The highest BCUT2D eigenvalue weighted by molar-refractivity contribution is 5.64. The van der Waals surface area contributed by atoms with Crippen LogP contribution < -0.4 is 10.1 Å². The zero-order valence-electron chi connectivity index (χ0n) is 9.73. The quantitative estimate of drug-likeness (QED) is 0.855. The predicted molar refractivity (Wildman–Crippen MR) is 68.4 cm³/mol. The van der Waals surface area contributed by atoms with Crippen LogP contribution in [0, 0.1) is 0 Å². The average Bonchev–Trinajstić information content (AvgIpc) is 2.86. The van der Waals surface area contributed by atoms with Gasteiger partial charge in [0, 0.05) is 19.0 Å². The highest BCUT2D eigenvalue weighted by atomic mass is 16.5. The number of nitrogens with one attached hydrogen (secondary N) is 1. The summed E-state index contributed by atoms with van der Waals surface area (Å²) in [5.41, 5.74) is 3.41. The average molecular weight is 226 g/mol. The van der Waals surface area contributed by atoms with E-state index in [0.29, 0.717) is 0 Å². The molecule has 3 heteroatoms. The second-order valence-corrected chi connectivity index (χ2v) is 4.08. The molecule has 1 aliphatic rings. The number of benzene rings is 1. The molecule has 0 saturated heterocycles. The lowest BCUT2D eigenvalue weighted by molar-refractivity contribution is 0.357. The molecule has 86 valence electrons. The lowest BCUT2D eigenvalue weighted by atomic mass is 10.1. The maximum Gasteiger partial charge on any atom is 0.126 e. The van der Waals surface area contributed by atoms with Crippen molar-refractivity contribution in [2.24, 2.45) is 0 Å². The Balaban J connectivity index is 2.03. The Kier molecular flexibility index (Phi) is 2.44. The zero-order valence-corrected chi connectivity index (χ0v) is 9.73. The molecule has 1 aliphatic heterocycles. The van der Waals surface area contributed by atoms with E-state index in [1.807, 2.05) is 31.3 Å². The number of hydrogen-bond acceptors (Lipinski definition) is 3. The molecule has 17 heavy (non-hydrogen) atoms. The Labute approximate surface area is 100 Å². The van der Waals surface area contributed by atoms with Crippen LogP contribution in [0.5, 0.6) is 5.75 Å². The molecule has 1 aromatic heterocycles. The Bertz CT molecular complexity index is 552. The summed E-state index contributed by atoms with van der Waals surface area (Å²) in [4.78, 5) is 4.54. The van der Waals surface area contributed by atoms with E-state index >= 15 is 0 Å². The van der Waals surface area contributed by atoms with Gasteiger partial charge in [0.25, 0.3) is 0 Å². The molecule has 0 atom stereocenters. The van der Waals surface area contributed by atoms with Crippen LogP contribution in [0.3, 0.4) is 0 Å². The van der Waals surface area contributed by atoms with E-state index in [1.165, 1.54) is 5.56 Å². The molecule has 0 saturated carbocycles. The van der Waals surface area contributed by atoms with Gasteiger partial charge in [-0.2, -0.15) is 0 Å². The van der Waals surface area contributed by atoms with Crippen molar-refractivity contribution in [3.05, 3.63) is 42.0 Å². The lowest BCUT2D eigenvalue weighted by Gasteiger charge is -2.05. The summed E-state index contributed by atoms with van der Waals surface area (Å²) in [6.45, 7) is 0.794. The summed E-state index contributed by atoms with van der Waals surface area (Å²) < 4.78 is 5.50. The predicted octanol–water partition coefficient (Wildman–Crippen LogP) is 2.73. The lowest BCUT2D eigenvalue weighted by Crippen LogP contribution is -1.93. The van der Waals surface area contributed by atoms with Crippen molar-refractivity contribution in [3.63, 3.8) is 0 Å². The van der Waals surface area contributed by atoms with Gasteiger partial charge in [0.05, 0.1) is 12.3 Å². The van der Waals surface area contributed by atoms with Crippen LogP contribution in [-0.4, -0.2) is 18.6 Å². The van der Waals surface area contributed by atoms with Crippen LogP contribution in [0.4, 0.5) is 5.82 Å². The highest BCUT2D eigenvalue weighted by Crippen LogP contribution is 2.29. The van der Waals surface area contributed by atoms with E-state index in [-0.39, 0.29) is 0 Å². The molecule has 2 aromatic rings. The number of anilines is 1. The van der Waals surface area contributed by atoms with Gasteiger partial charge < -0.3 is 10.1 Å². The van der Waals surface area contributed by atoms with Crippen molar-refractivity contribution in [3.8, 4) is 17.0 Å². The van der Waals surface area contributed by atoms with Crippen LogP contribution in [0.1, 0.15) is 5.56 Å². The van der Waals surface area contributed by atoms with E-state index in [9.17, 15) is 0 Å². The maximum absolute atomic E-state index is 5.50. The molecule has 0 bridgehead atoms. The van der Waals surface area contributed by atoms with Crippen LogP contribution in [-0.2, 0) is 6.42 Å². The Morgan fingerprint density at radius 3 is 3.06 bits per heavy atom. The molecule has 0 unspecified atom stereocenters. The number of rotatable bonds is 2. The fraction of sp³-hybridized carbons (Fsp3) is 0.214. The van der Waals surface area contributed by atoms with Crippen LogP contribution in [0.2, 0.25) is 0 Å². The molecule has 0 spiro atoms. The van der Waals surface area contributed by atoms with E-state index in [0.717, 1.165) is 35.9 Å². The molecule has 1 N–H and O–H groups in total. The van der Waals surface area contributed by atoms with Crippen molar-refractivity contribution in [1.29, 1.82) is 0 Å². The van der Waals surface area contributed by atoms with Gasteiger partial charge in [-0.25, -0.2) is 4.98 Å². The second kappa shape index (κ2) is 4.09. The first kappa shape index (κ1) is 10.1. The number of hydrogen-bond donors (Lipinski definition) is 1. The van der Waals surface area contributed by atoms with Crippen molar-refractivity contribution in [2.45, 2.75) is 6.42 Å². The Hall–Kier alpha value is -2.03. The fourth-order valence-electron chi connectivity index (χ4n) is 2.08. The van der Waals surface area contributed by atoms with Crippen LogP contribution in [0.25, 0.3) is 11.3 Å². The van der Waals surface area contributed by atoms with E-state index in [4.69, 9.17) is 4.74 Å².